The van der Waals surface area contributed by atoms with Crippen LogP contribution in [0.3, 0.4) is 0 Å². The Bertz CT molecular complexity index is 477. The van der Waals surface area contributed by atoms with Gasteiger partial charge in [0, 0.05) is 25.2 Å². The van der Waals surface area contributed by atoms with Gasteiger partial charge in [0.25, 0.3) is 0 Å². The Morgan fingerprint density at radius 1 is 1.50 bits per heavy atom. The molecule has 2 N–H and O–H groups in total. The molecule has 0 saturated heterocycles. The quantitative estimate of drug-likeness (QED) is 0.612. The Morgan fingerprint density at radius 3 is 2.62 bits per heavy atom. The summed E-state index contributed by atoms with van der Waals surface area (Å²) < 4.78 is 22.9. The second-order valence-electron chi connectivity index (χ2n) is 3.17. The molecule has 0 aliphatic heterocycles. The first-order chi connectivity index (χ1) is 7.47. The minimum atomic E-state index is -3.09. The molecule has 0 atom stereocenters. The number of nitrogens with one attached hydrogen (secondary N) is 2. The maximum Gasteiger partial charge on any atom is 0.191 e. The summed E-state index contributed by atoms with van der Waals surface area (Å²) >= 11 is 1.27. The molecule has 1 rings (SSSR count). The predicted molar refractivity (Wildman–Crippen MR) is 66.7 cm³/mol. The first-order valence-electron chi connectivity index (χ1n) is 4.64. The summed E-state index contributed by atoms with van der Waals surface area (Å²) in [5.74, 6) is 0.675. The molecule has 0 aliphatic carbocycles. The van der Waals surface area contributed by atoms with Gasteiger partial charge in [-0.25, -0.2) is 8.42 Å². The van der Waals surface area contributed by atoms with Gasteiger partial charge < -0.3 is 10.6 Å². The summed E-state index contributed by atoms with van der Waals surface area (Å²) in [6.45, 7) is 0.563. The summed E-state index contributed by atoms with van der Waals surface area (Å²) in [5.41, 5.74) is 0. The molecule has 1 aromatic rings. The Morgan fingerprint density at radius 2 is 2.19 bits per heavy atom. The zero-order valence-electron chi connectivity index (χ0n) is 9.44. The van der Waals surface area contributed by atoms with Crippen molar-refractivity contribution in [2.45, 2.75) is 10.8 Å². The van der Waals surface area contributed by atoms with E-state index in [9.17, 15) is 8.42 Å². The van der Waals surface area contributed by atoms with E-state index in [-0.39, 0.29) is 0 Å². The lowest BCUT2D eigenvalue weighted by atomic mass is 10.5. The van der Waals surface area contributed by atoms with Gasteiger partial charge in [0.05, 0.1) is 6.54 Å². The Balaban J connectivity index is 2.67. The fourth-order valence-corrected chi connectivity index (χ4v) is 3.02. The van der Waals surface area contributed by atoms with Gasteiger partial charge >= 0.3 is 0 Å². The van der Waals surface area contributed by atoms with Gasteiger partial charge in [-0.2, -0.15) is 0 Å². The monoisotopic (exact) mass is 261 g/mol. The van der Waals surface area contributed by atoms with Crippen LogP contribution in [0.2, 0.25) is 0 Å². The van der Waals surface area contributed by atoms with Crippen LogP contribution < -0.4 is 10.6 Å². The Labute approximate surface area is 99.5 Å². The van der Waals surface area contributed by atoms with E-state index >= 15 is 0 Å². The maximum absolute atomic E-state index is 11.3. The van der Waals surface area contributed by atoms with Crippen LogP contribution in [0.5, 0.6) is 0 Å². The van der Waals surface area contributed by atoms with Gasteiger partial charge in [0.15, 0.2) is 15.8 Å². The van der Waals surface area contributed by atoms with Crippen LogP contribution in [-0.2, 0) is 16.4 Å². The molecule has 90 valence electrons. The maximum atomic E-state index is 11.3. The van der Waals surface area contributed by atoms with Gasteiger partial charge in [-0.3, -0.25) is 4.99 Å². The van der Waals surface area contributed by atoms with Gasteiger partial charge in [-0.15, -0.1) is 11.3 Å². The van der Waals surface area contributed by atoms with Crippen LogP contribution in [0.25, 0.3) is 0 Å². The molecule has 0 radical (unpaired) electrons. The second-order valence-corrected chi connectivity index (χ2v) is 6.58. The third kappa shape index (κ3) is 3.49. The van der Waals surface area contributed by atoms with E-state index in [1.54, 1.807) is 26.2 Å². The van der Waals surface area contributed by atoms with Crippen molar-refractivity contribution in [2.24, 2.45) is 4.99 Å². The first kappa shape index (κ1) is 13.0. The van der Waals surface area contributed by atoms with Gasteiger partial charge in [0.2, 0.25) is 0 Å². The minimum Gasteiger partial charge on any atom is -0.359 e. The average molecular weight is 261 g/mol. The largest absolute Gasteiger partial charge is 0.359 e. The molecule has 0 amide bonds. The fourth-order valence-electron chi connectivity index (χ4n) is 1.10. The zero-order valence-corrected chi connectivity index (χ0v) is 11.1. The van der Waals surface area contributed by atoms with Crippen molar-refractivity contribution in [3.8, 4) is 0 Å². The lowest BCUT2D eigenvalue weighted by molar-refractivity contribution is 0.604. The normalized spacial score (nSPS) is 12.6. The highest BCUT2D eigenvalue weighted by atomic mass is 32.2. The number of sulfone groups is 1. The summed E-state index contributed by atoms with van der Waals surface area (Å²) in [7, 11) is 0.359. The highest BCUT2D eigenvalue weighted by molar-refractivity contribution is 7.92. The molecule has 0 unspecified atom stereocenters. The fraction of sp³-hybridized carbons (Fsp3) is 0.444. The number of guanidine groups is 1. The standard InChI is InChI=1S/C9H15N3O2S2/c1-10-9(11-2)12-6-7-4-5-8(15-7)16(3,13)14/h4-5H,6H2,1-3H3,(H2,10,11,12). The van der Waals surface area contributed by atoms with Crippen molar-refractivity contribution in [3.63, 3.8) is 0 Å². The molecule has 0 aromatic carbocycles. The van der Waals surface area contributed by atoms with Crippen molar-refractivity contribution < 1.29 is 8.42 Å². The number of rotatable bonds is 3. The Kier molecular flexibility index (Phi) is 4.31. The number of thiophene rings is 1. The molecule has 0 bridgehead atoms. The molecule has 1 aromatic heterocycles. The van der Waals surface area contributed by atoms with Crippen LogP contribution in [0.1, 0.15) is 4.88 Å². The summed E-state index contributed by atoms with van der Waals surface area (Å²) in [5, 5.41) is 5.94. The highest BCUT2D eigenvalue weighted by Gasteiger charge is 2.10. The molecule has 16 heavy (non-hydrogen) atoms. The molecule has 0 saturated carbocycles. The minimum absolute atomic E-state index is 0.392. The molecule has 7 heteroatoms. The first-order valence-corrected chi connectivity index (χ1v) is 7.35. The predicted octanol–water partition coefficient (Wildman–Crippen LogP) is 0.446. The number of hydrogen-bond acceptors (Lipinski definition) is 4. The van der Waals surface area contributed by atoms with E-state index in [2.05, 4.69) is 15.6 Å². The second kappa shape index (κ2) is 5.31. The van der Waals surface area contributed by atoms with Crippen LogP contribution >= 0.6 is 11.3 Å². The van der Waals surface area contributed by atoms with Gasteiger partial charge in [0.1, 0.15) is 4.21 Å². The van der Waals surface area contributed by atoms with Gasteiger partial charge in [-0.05, 0) is 12.1 Å². The van der Waals surface area contributed by atoms with Crippen LogP contribution in [-0.4, -0.2) is 34.7 Å². The molecule has 0 aliphatic rings. The van der Waals surface area contributed by atoms with Crippen molar-refractivity contribution in [1.29, 1.82) is 0 Å². The van der Waals surface area contributed by atoms with Crippen LogP contribution in [0.4, 0.5) is 0 Å². The van der Waals surface area contributed by atoms with E-state index in [0.29, 0.717) is 16.7 Å². The third-order valence-corrected chi connectivity index (χ3v) is 4.80. The molecule has 0 fully saturated rings. The van der Waals surface area contributed by atoms with Crippen molar-refractivity contribution >= 4 is 27.1 Å². The number of hydrogen-bond donors (Lipinski definition) is 2. The summed E-state index contributed by atoms with van der Waals surface area (Å²) in [4.78, 5) is 4.91. The molecular weight excluding hydrogens is 246 g/mol. The molecule has 0 spiro atoms. The van der Waals surface area contributed by atoms with Crippen molar-refractivity contribution in [3.05, 3.63) is 17.0 Å². The van der Waals surface area contributed by atoms with Gasteiger partial charge in [-0.1, -0.05) is 0 Å². The van der Waals surface area contributed by atoms with Crippen LogP contribution in [0.15, 0.2) is 21.3 Å². The van der Waals surface area contributed by atoms with Crippen molar-refractivity contribution in [1.82, 2.24) is 10.6 Å². The van der Waals surface area contributed by atoms with Crippen molar-refractivity contribution in [2.75, 3.05) is 20.4 Å². The lowest BCUT2D eigenvalue weighted by Crippen LogP contribution is -2.33. The van der Waals surface area contributed by atoms with E-state index in [1.807, 2.05) is 0 Å². The SMILES string of the molecule is CN=C(NC)NCc1ccc(S(C)(=O)=O)s1. The molecule has 5 nitrogen and oxygen atoms in total. The highest BCUT2D eigenvalue weighted by Crippen LogP contribution is 2.20. The van der Waals surface area contributed by atoms with E-state index in [1.165, 1.54) is 17.6 Å². The smallest absolute Gasteiger partial charge is 0.191 e. The Hall–Kier alpha value is -1.08. The zero-order chi connectivity index (χ0) is 12.2. The third-order valence-electron chi connectivity index (χ3n) is 1.89. The average Bonchev–Trinajstić information content (AvgIpc) is 2.67. The number of nitrogens with zero attached hydrogens (tertiary/aromatic N) is 1. The summed E-state index contributed by atoms with van der Waals surface area (Å²) in [6, 6.07) is 3.43. The topological polar surface area (TPSA) is 70.6 Å². The van der Waals surface area contributed by atoms with E-state index in [0.717, 1.165) is 4.88 Å². The van der Waals surface area contributed by atoms with E-state index < -0.39 is 9.84 Å². The summed E-state index contributed by atoms with van der Waals surface area (Å²) in [6.07, 6.45) is 1.21. The number of aliphatic imine (C=N–C) groups is 1. The lowest BCUT2D eigenvalue weighted by Gasteiger charge is -2.06. The molecular formula is C9H15N3O2S2. The van der Waals surface area contributed by atoms with E-state index in [4.69, 9.17) is 0 Å². The van der Waals surface area contributed by atoms with Crippen LogP contribution in [0, 0.1) is 0 Å². The molecule has 1 heterocycles.